The molecule has 0 atom stereocenters. The lowest BCUT2D eigenvalue weighted by atomic mass is 10.2. The lowest BCUT2D eigenvalue weighted by molar-refractivity contribution is -0.300. The third kappa shape index (κ3) is 6.18. The topological polar surface area (TPSA) is 9.23 Å². The van der Waals surface area contributed by atoms with E-state index in [-0.39, 0.29) is 6.61 Å². The van der Waals surface area contributed by atoms with Crippen LogP contribution in [0.15, 0.2) is 0 Å². The van der Waals surface area contributed by atoms with Crippen molar-refractivity contribution in [2.24, 2.45) is 0 Å². The molecule has 0 fully saturated rings. The summed E-state index contributed by atoms with van der Waals surface area (Å²) in [6.07, 6.45) is -3.86. The summed E-state index contributed by atoms with van der Waals surface area (Å²) in [5.41, 5.74) is 0. The molecule has 0 amide bonds. The number of hydrogen-bond donors (Lipinski definition) is 0. The van der Waals surface area contributed by atoms with Crippen LogP contribution in [-0.2, 0) is 4.74 Å². The van der Waals surface area contributed by atoms with E-state index in [0.29, 0.717) is 6.42 Å². The molecule has 0 rings (SSSR count). The SMILES string of the molecule is CCCCCCCOC(F)(F)C(F)F. The summed E-state index contributed by atoms with van der Waals surface area (Å²) >= 11 is 0. The van der Waals surface area contributed by atoms with Gasteiger partial charge in [0.25, 0.3) is 0 Å². The monoisotopic (exact) mass is 216 g/mol. The van der Waals surface area contributed by atoms with E-state index in [1.807, 2.05) is 6.92 Å². The highest BCUT2D eigenvalue weighted by Crippen LogP contribution is 2.24. The van der Waals surface area contributed by atoms with Crippen LogP contribution in [-0.4, -0.2) is 19.1 Å². The highest BCUT2D eigenvalue weighted by Gasteiger charge is 2.41. The maximum Gasteiger partial charge on any atom is 0.416 e. The van der Waals surface area contributed by atoms with E-state index in [9.17, 15) is 17.6 Å². The molecule has 86 valence electrons. The molecule has 0 aliphatic rings. The smallest absolute Gasteiger partial charge is 0.316 e. The number of hydrogen-bond acceptors (Lipinski definition) is 1. The van der Waals surface area contributed by atoms with Crippen molar-refractivity contribution in [2.45, 2.75) is 51.6 Å². The Morgan fingerprint density at radius 1 is 1.07 bits per heavy atom. The number of rotatable bonds is 8. The van der Waals surface area contributed by atoms with Gasteiger partial charge in [-0.2, -0.15) is 8.78 Å². The van der Waals surface area contributed by atoms with Crippen LogP contribution in [0.4, 0.5) is 17.6 Å². The van der Waals surface area contributed by atoms with E-state index < -0.39 is 12.5 Å². The summed E-state index contributed by atoms with van der Waals surface area (Å²) in [4.78, 5) is 0. The summed E-state index contributed by atoms with van der Waals surface area (Å²) in [7, 11) is 0. The van der Waals surface area contributed by atoms with Crippen molar-refractivity contribution in [3.05, 3.63) is 0 Å². The van der Waals surface area contributed by atoms with Crippen LogP contribution < -0.4 is 0 Å². The summed E-state index contributed by atoms with van der Waals surface area (Å²) in [5, 5.41) is 0. The Kier molecular flexibility index (Phi) is 6.87. The molecule has 0 aromatic carbocycles. The average molecular weight is 216 g/mol. The zero-order valence-corrected chi connectivity index (χ0v) is 8.24. The van der Waals surface area contributed by atoms with Gasteiger partial charge in [0, 0.05) is 0 Å². The van der Waals surface area contributed by atoms with Crippen molar-refractivity contribution < 1.29 is 22.3 Å². The number of alkyl halides is 4. The van der Waals surface area contributed by atoms with Gasteiger partial charge in [0.05, 0.1) is 6.61 Å². The first-order chi connectivity index (χ1) is 6.50. The standard InChI is InChI=1S/C9H16F4O/c1-2-3-4-5-6-7-14-9(12,13)8(10)11/h8H,2-7H2,1H3. The van der Waals surface area contributed by atoms with E-state index in [4.69, 9.17) is 0 Å². The fraction of sp³-hybridized carbons (Fsp3) is 1.00. The minimum absolute atomic E-state index is 0.305. The summed E-state index contributed by atoms with van der Waals surface area (Å²) in [6, 6.07) is 0. The lowest BCUT2D eigenvalue weighted by Gasteiger charge is -2.15. The number of ether oxygens (including phenoxy) is 1. The Hall–Kier alpha value is -0.320. The molecular formula is C9H16F4O. The summed E-state index contributed by atoms with van der Waals surface area (Å²) in [6.45, 7) is 1.72. The van der Waals surface area contributed by atoms with Gasteiger partial charge < -0.3 is 4.74 Å². The quantitative estimate of drug-likeness (QED) is 0.442. The largest absolute Gasteiger partial charge is 0.416 e. The average Bonchev–Trinajstić information content (AvgIpc) is 2.10. The van der Waals surface area contributed by atoms with Crippen LogP contribution in [0.5, 0.6) is 0 Å². The molecule has 5 heteroatoms. The maximum absolute atomic E-state index is 12.1. The molecule has 0 bridgehead atoms. The summed E-state index contributed by atoms with van der Waals surface area (Å²) < 4.78 is 51.2. The molecular weight excluding hydrogens is 200 g/mol. The molecule has 0 spiro atoms. The van der Waals surface area contributed by atoms with Gasteiger partial charge >= 0.3 is 12.5 Å². The van der Waals surface area contributed by atoms with Gasteiger partial charge in [0.15, 0.2) is 0 Å². The first kappa shape index (κ1) is 13.7. The normalized spacial score (nSPS) is 12.4. The van der Waals surface area contributed by atoms with Gasteiger partial charge in [0.2, 0.25) is 0 Å². The molecule has 0 aliphatic carbocycles. The second kappa shape index (κ2) is 7.04. The van der Waals surface area contributed by atoms with Crippen LogP contribution in [0.2, 0.25) is 0 Å². The molecule has 0 unspecified atom stereocenters. The Morgan fingerprint density at radius 3 is 2.14 bits per heavy atom. The predicted molar refractivity (Wildman–Crippen MR) is 45.7 cm³/mol. The first-order valence-corrected chi connectivity index (χ1v) is 4.80. The highest BCUT2D eigenvalue weighted by molar-refractivity contribution is 4.55. The Balaban J connectivity index is 3.35. The molecule has 0 saturated carbocycles. The Labute approximate surface area is 81.4 Å². The molecule has 0 heterocycles. The zero-order valence-electron chi connectivity index (χ0n) is 8.24. The first-order valence-electron chi connectivity index (χ1n) is 4.80. The van der Waals surface area contributed by atoms with E-state index in [1.165, 1.54) is 0 Å². The van der Waals surface area contributed by atoms with E-state index in [2.05, 4.69) is 4.74 Å². The van der Waals surface area contributed by atoms with Gasteiger partial charge in [-0.05, 0) is 6.42 Å². The van der Waals surface area contributed by atoms with Gasteiger partial charge in [0.1, 0.15) is 0 Å². The van der Waals surface area contributed by atoms with Crippen molar-refractivity contribution in [3.8, 4) is 0 Å². The van der Waals surface area contributed by atoms with Crippen molar-refractivity contribution in [1.82, 2.24) is 0 Å². The molecule has 1 nitrogen and oxygen atoms in total. The second-order valence-electron chi connectivity index (χ2n) is 3.13. The fourth-order valence-electron chi connectivity index (χ4n) is 0.977. The number of halogens is 4. The molecule has 0 N–H and O–H groups in total. The highest BCUT2D eigenvalue weighted by atomic mass is 19.3. The summed E-state index contributed by atoms with van der Waals surface area (Å²) in [5.74, 6) is 0. The van der Waals surface area contributed by atoms with Crippen molar-refractivity contribution >= 4 is 0 Å². The molecule has 0 aromatic rings. The van der Waals surface area contributed by atoms with Crippen molar-refractivity contribution in [3.63, 3.8) is 0 Å². The fourth-order valence-corrected chi connectivity index (χ4v) is 0.977. The van der Waals surface area contributed by atoms with Crippen molar-refractivity contribution in [2.75, 3.05) is 6.61 Å². The molecule has 0 saturated heterocycles. The van der Waals surface area contributed by atoms with Crippen LogP contribution in [0.25, 0.3) is 0 Å². The van der Waals surface area contributed by atoms with Gasteiger partial charge in [-0.25, -0.2) is 8.78 Å². The van der Waals surface area contributed by atoms with E-state index >= 15 is 0 Å². The van der Waals surface area contributed by atoms with Gasteiger partial charge in [-0.1, -0.05) is 32.6 Å². The molecule has 0 radical (unpaired) electrons. The third-order valence-corrected chi connectivity index (χ3v) is 1.80. The van der Waals surface area contributed by atoms with Crippen molar-refractivity contribution in [1.29, 1.82) is 0 Å². The van der Waals surface area contributed by atoms with Gasteiger partial charge in [-0.15, -0.1) is 0 Å². The van der Waals surface area contributed by atoms with Gasteiger partial charge in [-0.3, -0.25) is 0 Å². The second-order valence-corrected chi connectivity index (χ2v) is 3.13. The van der Waals surface area contributed by atoms with E-state index in [1.54, 1.807) is 0 Å². The van der Waals surface area contributed by atoms with Crippen LogP contribution in [0.1, 0.15) is 39.0 Å². The maximum atomic E-state index is 12.1. The zero-order chi connectivity index (χ0) is 11.0. The third-order valence-electron chi connectivity index (χ3n) is 1.80. The Morgan fingerprint density at radius 2 is 1.64 bits per heavy atom. The van der Waals surface area contributed by atoms with E-state index in [0.717, 1.165) is 25.7 Å². The van der Waals surface area contributed by atoms with Crippen LogP contribution in [0, 0.1) is 0 Å². The molecule has 14 heavy (non-hydrogen) atoms. The van der Waals surface area contributed by atoms with Crippen LogP contribution in [0.3, 0.4) is 0 Å². The lowest BCUT2D eigenvalue weighted by Crippen LogP contribution is -2.30. The predicted octanol–water partition coefficient (Wildman–Crippen LogP) is 3.83. The molecule has 0 aliphatic heterocycles. The number of unbranched alkanes of at least 4 members (excludes halogenated alkanes) is 4. The minimum Gasteiger partial charge on any atom is -0.316 e. The minimum atomic E-state index is -4.29. The van der Waals surface area contributed by atoms with Crippen LogP contribution >= 0.6 is 0 Å². The molecule has 0 aromatic heterocycles. The Bertz CT molecular complexity index is 139.